The van der Waals surface area contributed by atoms with E-state index in [9.17, 15) is 9.18 Å². The molecule has 1 aromatic heterocycles. The van der Waals surface area contributed by atoms with Crippen LogP contribution in [0.2, 0.25) is 10.0 Å². The lowest BCUT2D eigenvalue weighted by Gasteiger charge is -2.45. The summed E-state index contributed by atoms with van der Waals surface area (Å²) in [7, 11) is 0. The molecule has 0 amide bonds. The van der Waals surface area contributed by atoms with Crippen LogP contribution in [0.1, 0.15) is 25.1 Å². The van der Waals surface area contributed by atoms with Gasteiger partial charge in [0, 0.05) is 30.2 Å². The lowest BCUT2D eigenvalue weighted by atomic mass is 10.0. The number of ether oxygens (including phenoxy) is 1. The van der Waals surface area contributed by atoms with Crippen LogP contribution in [0.25, 0.3) is 10.9 Å². The number of hydrogen-bond acceptors (Lipinski definition) is 5. The summed E-state index contributed by atoms with van der Waals surface area (Å²) in [5, 5.41) is 1.66. The van der Waals surface area contributed by atoms with Crippen molar-refractivity contribution in [3.05, 3.63) is 75.3 Å². The van der Waals surface area contributed by atoms with Crippen LogP contribution in [0, 0.1) is 12.7 Å². The average Bonchev–Trinajstić information content (AvgIpc) is 2.78. The Balaban J connectivity index is 1.54. The maximum atomic E-state index is 13.3. The molecule has 0 saturated carbocycles. The van der Waals surface area contributed by atoms with Gasteiger partial charge in [-0.1, -0.05) is 35.3 Å². The molecule has 2 aromatic carbocycles. The smallest absolute Gasteiger partial charge is 0.166 e. The SMILES string of the molecule is Cc1ccc2c(Cl)cc(Cl)c(OCN3C[C@@H](C)N(Cc4ccc(F)cc4)C(=C=O)[C@@H]3C)c2n1. The van der Waals surface area contributed by atoms with Crippen molar-refractivity contribution < 1.29 is 13.9 Å². The molecular weight excluding hydrogens is 464 g/mol. The predicted molar refractivity (Wildman–Crippen MR) is 129 cm³/mol. The highest BCUT2D eigenvalue weighted by atomic mass is 35.5. The highest BCUT2D eigenvalue weighted by Gasteiger charge is 2.34. The van der Waals surface area contributed by atoms with E-state index in [-0.39, 0.29) is 24.6 Å². The Hall–Kier alpha value is -2.63. The second kappa shape index (κ2) is 9.70. The van der Waals surface area contributed by atoms with Gasteiger partial charge in [0.25, 0.3) is 0 Å². The van der Waals surface area contributed by atoms with Crippen molar-refractivity contribution >= 4 is 40.0 Å². The summed E-state index contributed by atoms with van der Waals surface area (Å²) in [6.45, 7) is 7.24. The molecule has 0 N–H and O–H groups in total. The Morgan fingerprint density at radius 1 is 1.15 bits per heavy atom. The van der Waals surface area contributed by atoms with Gasteiger partial charge in [0.15, 0.2) is 5.75 Å². The van der Waals surface area contributed by atoms with E-state index in [2.05, 4.69) is 15.8 Å². The largest absolute Gasteiger partial charge is 0.474 e. The van der Waals surface area contributed by atoms with Gasteiger partial charge in [0.2, 0.25) is 0 Å². The van der Waals surface area contributed by atoms with Crippen LogP contribution < -0.4 is 4.74 Å². The molecule has 5 nitrogen and oxygen atoms in total. The van der Waals surface area contributed by atoms with Crippen molar-refractivity contribution in [2.45, 2.75) is 39.4 Å². The number of nitrogens with zero attached hydrogens (tertiary/aromatic N) is 3. The van der Waals surface area contributed by atoms with Gasteiger partial charge < -0.3 is 9.64 Å². The molecule has 8 heteroatoms. The quantitative estimate of drug-likeness (QED) is 0.436. The van der Waals surface area contributed by atoms with Crippen LogP contribution >= 0.6 is 23.2 Å². The number of pyridine rings is 1. The van der Waals surface area contributed by atoms with Gasteiger partial charge in [-0.15, -0.1) is 0 Å². The molecule has 1 saturated heterocycles. The molecule has 0 spiro atoms. The zero-order chi connectivity index (χ0) is 23.7. The van der Waals surface area contributed by atoms with Crippen LogP contribution in [0.4, 0.5) is 4.39 Å². The number of hydrogen-bond donors (Lipinski definition) is 0. The molecule has 0 aliphatic carbocycles. The van der Waals surface area contributed by atoms with Crippen LogP contribution in [0.5, 0.6) is 5.75 Å². The number of halogens is 3. The summed E-state index contributed by atoms with van der Waals surface area (Å²) in [6, 6.07) is 11.5. The fourth-order valence-electron chi connectivity index (χ4n) is 4.16. The summed E-state index contributed by atoms with van der Waals surface area (Å²) in [6.07, 6.45) is 0. The van der Waals surface area contributed by atoms with Gasteiger partial charge in [0.1, 0.15) is 29.7 Å². The van der Waals surface area contributed by atoms with E-state index in [0.29, 0.717) is 40.1 Å². The third-order valence-electron chi connectivity index (χ3n) is 6.01. The minimum atomic E-state index is -0.286. The molecular formula is C25H24Cl2FN3O2. The number of aromatic nitrogens is 1. The van der Waals surface area contributed by atoms with Crippen molar-refractivity contribution in [3.8, 4) is 5.75 Å². The fourth-order valence-corrected chi connectivity index (χ4v) is 4.73. The van der Waals surface area contributed by atoms with Gasteiger partial charge in [-0.3, -0.25) is 4.90 Å². The van der Waals surface area contributed by atoms with Gasteiger partial charge in [-0.2, -0.15) is 0 Å². The molecule has 2 heterocycles. The van der Waals surface area contributed by atoms with E-state index >= 15 is 0 Å². The van der Waals surface area contributed by atoms with E-state index in [1.54, 1.807) is 18.2 Å². The minimum Gasteiger partial charge on any atom is -0.474 e. The Labute approximate surface area is 202 Å². The van der Waals surface area contributed by atoms with Crippen molar-refractivity contribution in [1.82, 2.24) is 14.8 Å². The summed E-state index contributed by atoms with van der Waals surface area (Å²) < 4.78 is 19.4. The molecule has 2 atom stereocenters. The molecule has 0 radical (unpaired) electrons. The first-order valence-corrected chi connectivity index (χ1v) is 11.4. The summed E-state index contributed by atoms with van der Waals surface area (Å²) in [5.41, 5.74) is 2.89. The van der Waals surface area contributed by atoms with Gasteiger partial charge >= 0.3 is 0 Å². The van der Waals surface area contributed by atoms with E-state index in [4.69, 9.17) is 27.9 Å². The highest BCUT2D eigenvalue weighted by Crippen LogP contribution is 2.37. The third-order valence-corrected chi connectivity index (χ3v) is 6.60. The lowest BCUT2D eigenvalue weighted by molar-refractivity contribution is 0.0291. The molecule has 1 aliphatic rings. The third kappa shape index (κ3) is 4.85. The predicted octanol–water partition coefficient (Wildman–Crippen LogP) is 5.64. The maximum absolute atomic E-state index is 13.3. The van der Waals surface area contributed by atoms with Crippen LogP contribution in [0.3, 0.4) is 0 Å². The van der Waals surface area contributed by atoms with Gasteiger partial charge in [-0.25, -0.2) is 14.2 Å². The zero-order valence-corrected chi connectivity index (χ0v) is 20.1. The minimum absolute atomic E-state index is 0.0177. The Kier molecular flexibility index (Phi) is 6.91. The monoisotopic (exact) mass is 487 g/mol. The van der Waals surface area contributed by atoms with Crippen molar-refractivity contribution in [3.63, 3.8) is 0 Å². The molecule has 4 rings (SSSR count). The molecule has 33 heavy (non-hydrogen) atoms. The summed E-state index contributed by atoms with van der Waals surface area (Å²) >= 11 is 12.8. The lowest BCUT2D eigenvalue weighted by Crippen LogP contribution is -2.55. The summed E-state index contributed by atoms with van der Waals surface area (Å²) in [5.74, 6) is 2.29. The second-order valence-electron chi connectivity index (χ2n) is 8.33. The number of rotatable bonds is 5. The van der Waals surface area contributed by atoms with Crippen molar-refractivity contribution in [1.29, 1.82) is 0 Å². The topological polar surface area (TPSA) is 45.7 Å². The molecule has 3 aromatic rings. The van der Waals surface area contributed by atoms with Crippen LogP contribution in [0.15, 0.2) is 48.2 Å². The maximum Gasteiger partial charge on any atom is 0.166 e. The Morgan fingerprint density at radius 3 is 2.58 bits per heavy atom. The second-order valence-corrected chi connectivity index (χ2v) is 9.14. The number of carbonyl (C=O) groups excluding carboxylic acids is 1. The summed E-state index contributed by atoms with van der Waals surface area (Å²) in [4.78, 5) is 20.6. The first kappa shape index (κ1) is 23.5. The van der Waals surface area contributed by atoms with Gasteiger partial charge in [-0.05, 0) is 56.7 Å². The average molecular weight is 488 g/mol. The van der Waals surface area contributed by atoms with E-state index in [1.165, 1.54) is 12.1 Å². The molecule has 0 unspecified atom stereocenters. The van der Waals surface area contributed by atoms with E-state index < -0.39 is 0 Å². The molecule has 1 aliphatic heterocycles. The Bertz CT molecular complexity index is 1230. The Morgan fingerprint density at radius 2 is 1.88 bits per heavy atom. The highest BCUT2D eigenvalue weighted by molar-refractivity contribution is 6.39. The van der Waals surface area contributed by atoms with Crippen molar-refractivity contribution in [2.75, 3.05) is 13.3 Å². The number of aryl methyl sites for hydroxylation is 1. The van der Waals surface area contributed by atoms with Gasteiger partial charge in [0.05, 0.1) is 16.1 Å². The molecule has 172 valence electrons. The van der Waals surface area contributed by atoms with Crippen molar-refractivity contribution in [2.24, 2.45) is 0 Å². The van der Waals surface area contributed by atoms with Crippen LogP contribution in [-0.2, 0) is 11.3 Å². The normalized spacial score (nSPS) is 19.1. The first-order valence-electron chi connectivity index (χ1n) is 10.7. The number of benzene rings is 2. The van der Waals surface area contributed by atoms with E-state index in [0.717, 1.165) is 16.6 Å². The molecule has 0 bridgehead atoms. The number of fused-ring (bicyclic) bond motifs is 1. The fraction of sp³-hybridized carbons (Fsp3) is 0.320. The zero-order valence-electron chi connectivity index (χ0n) is 18.6. The van der Waals surface area contributed by atoms with Crippen LogP contribution in [-0.4, -0.2) is 46.1 Å². The van der Waals surface area contributed by atoms with E-state index in [1.807, 2.05) is 37.8 Å². The number of piperazine rings is 1. The standard InChI is InChI=1S/C25H24Cl2FN3O2/c1-15-4-9-20-21(26)10-22(27)25(24(20)29-15)33-14-30-11-16(2)31(23(13-32)17(30)3)12-18-5-7-19(28)8-6-18/h4-10,16-17H,11-12,14H2,1-3H3/t16-,17+/m1/s1. The molecule has 1 fully saturated rings. The first-order chi connectivity index (χ1) is 15.8.